The van der Waals surface area contributed by atoms with Gasteiger partial charge in [-0.05, 0) is 37.5 Å². The Bertz CT molecular complexity index is 721. The number of carboxylic acid groups (broad SMARTS) is 1. The molecule has 0 unspecified atom stereocenters. The number of fused-ring (bicyclic) bond motifs is 1. The number of carboxylic acids is 1. The fraction of sp³-hybridized carbons (Fsp3) is 0.316. The molecule has 2 N–H and O–H groups in total. The number of benzene rings is 2. The number of rotatable bonds is 2. The Morgan fingerprint density at radius 1 is 1.05 bits per heavy atom. The number of para-hydroxylation sites is 1. The first-order valence-corrected chi connectivity index (χ1v) is 7.54. The van der Waals surface area contributed by atoms with E-state index < -0.39 is 5.97 Å². The zero-order chi connectivity index (χ0) is 16.0. The summed E-state index contributed by atoms with van der Waals surface area (Å²) in [6, 6.07) is 15.9. The van der Waals surface area contributed by atoms with Crippen molar-refractivity contribution in [2.45, 2.75) is 38.1 Å². The molecular formula is C19H21NO2. The third-order valence-electron chi connectivity index (χ3n) is 4.56. The zero-order valence-electron chi connectivity index (χ0n) is 13.2. The van der Waals surface area contributed by atoms with Gasteiger partial charge in [-0.3, -0.25) is 0 Å². The van der Waals surface area contributed by atoms with Crippen LogP contribution >= 0.6 is 0 Å². The van der Waals surface area contributed by atoms with Crippen molar-refractivity contribution in [2.24, 2.45) is 0 Å². The molecule has 22 heavy (non-hydrogen) atoms. The highest BCUT2D eigenvalue weighted by atomic mass is 16.4. The van der Waals surface area contributed by atoms with Crippen LogP contribution in [-0.2, 0) is 5.41 Å². The number of hydrogen-bond acceptors (Lipinski definition) is 2. The van der Waals surface area contributed by atoms with Crippen LogP contribution in [0.15, 0.2) is 48.5 Å². The van der Waals surface area contributed by atoms with E-state index in [4.69, 9.17) is 0 Å². The third kappa shape index (κ3) is 2.27. The van der Waals surface area contributed by atoms with E-state index in [1.807, 2.05) is 30.3 Å². The summed E-state index contributed by atoms with van der Waals surface area (Å²) < 4.78 is 0. The minimum atomic E-state index is -0.891. The summed E-state index contributed by atoms with van der Waals surface area (Å²) in [5.41, 5.74) is 2.97. The standard InChI is InChI=1S/C19H21NO2/c1-18(2)12-19(3,13-8-5-4-6-9-13)15-11-7-10-14(17(21)22)16(15)20-18/h4-11,20H,12H2,1-3H3,(H,21,22)/t19-/m1/s1. The average molecular weight is 295 g/mol. The van der Waals surface area contributed by atoms with Crippen molar-refractivity contribution in [3.63, 3.8) is 0 Å². The van der Waals surface area contributed by atoms with E-state index in [1.165, 1.54) is 5.56 Å². The topological polar surface area (TPSA) is 49.3 Å². The molecule has 1 aliphatic rings. The Kier molecular flexibility index (Phi) is 3.24. The maximum atomic E-state index is 11.6. The molecule has 1 aliphatic heterocycles. The van der Waals surface area contributed by atoms with E-state index in [1.54, 1.807) is 6.07 Å². The molecule has 0 saturated heterocycles. The van der Waals surface area contributed by atoms with E-state index in [-0.39, 0.29) is 11.0 Å². The van der Waals surface area contributed by atoms with Gasteiger partial charge in [0, 0.05) is 11.0 Å². The number of carbonyl (C=O) groups is 1. The van der Waals surface area contributed by atoms with Crippen molar-refractivity contribution in [2.75, 3.05) is 5.32 Å². The van der Waals surface area contributed by atoms with E-state index in [0.717, 1.165) is 17.7 Å². The van der Waals surface area contributed by atoms with Crippen LogP contribution in [0.1, 0.15) is 48.7 Å². The van der Waals surface area contributed by atoms with Crippen molar-refractivity contribution < 1.29 is 9.90 Å². The predicted octanol–water partition coefficient (Wildman–Crippen LogP) is 4.29. The van der Waals surface area contributed by atoms with Gasteiger partial charge in [0.2, 0.25) is 0 Å². The van der Waals surface area contributed by atoms with Gasteiger partial charge in [-0.25, -0.2) is 4.79 Å². The van der Waals surface area contributed by atoms with Gasteiger partial charge >= 0.3 is 5.97 Å². The quantitative estimate of drug-likeness (QED) is 0.869. The molecule has 0 aliphatic carbocycles. The second-order valence-corrected chi connectivity index (χ2v) is 6.92. The largest absolute Gasteiger partial charge is 0.478 e. The van der Waals surface area contributed by atoms with Crippen molar-refractivity contribution in [3.8, 4) is 0 Å². The molecule has 0 saturated carbocycles. The Labute approximate surface area is 131 Å². The summed E-state index contributed by atoms with van der Waals surface area (Å²) >= 11 is 0. The van der Waals surface area contributed by atoms with Crippen molar-refractivity contribution in [1.82, 2.24) is 0 Å². The van der Waals surface area contributed by atoms with Gasteiger partial charge in [-0.15, -0.1) is 0 Å². The molecule has 3 nitrogen and oxygen atoms in total. The third-order valence-corrected chi connectivity index (χ3v) is 4.56. The molecule has 1 heterocycles. The van der Waals surface area contributed by atoms with Gasteiger partial charge in [0.25, 0.3) is 0 Å². The lowest BCUT2D eigenvalue weighted by Crippen LogP contribution is -2.45. The molecule has 0 fully saturated rings. The van der Waals surface area contributed by atoms with Crippen molar-refractivity contribution in [3.05, 3.63) is 65.2 Å². The van der Waals surface area contributed by atoms with Crippen LogP contribution in [0, 0.1) is 0 Å². The molecule has 2 aromatic carbocycles. The van der Waals surface area contributed by atoms with E-state index in [2.05, 4.69) is 38.2 Å². The second-order valence-electron chi connectivity index (χ2n) is 6.92. The lowest BCUT2D eigenvalue weighted by atomic mass is 9.65. The summed E-state index contributed by atoms with van der Waals surface area (Å²) in [6.07, 6.45) is 0.903. The van der Waals surface area contributed by atoms with Gasteiger partial charge in [-0.1, -0.05) is 49.4 Å². The van der Waals surface area contributed by atoms with E-state index in [0.29, 0.717) is 5.56 Å². The van der Waals surface area contributed by atoms with Crippen LogP contribution in [0.3, 0.4) is 0 Å². The van der Waals surface area contributed by atoms with Crippen molar-refractivity contribution >= 4 is 11.7 Å². The molecule has 3 rings (SSSR count). The molecule has 114 valence electrons. The Hall–Kier alpha value is -2.29. The molecule has 1 atom stereocenters. The maximum Gasteiger partial charge on any atom is 0.337 e. The molecule has 0 aromatic heterocycles. The highest BCUT2D eigenvalue weighted by Gasteiger charge is 2.42. The van der Waals surface area contributed by atoms with Gasteiger partial charge < -0.3 is 10.4 Å². The summed E-state index contributed by atoms with van der Waals surface area (Å²) in [5, 5.41) is 12.9. The molecule has 2 aromatic rings. The second kappa shape index (κ2) is 4.87. The fourth-order valence-corrected chi connectivity index (χ4v) is 3.75. The molecule has 0 bridgehead atoms. The van der Waals surface area contributed by atoms with Gasteiger partial charge in [0.15, 0.2) is 0 Å². The Balaban J connectivity index is 2.28. The normalized spacial score (nSPS) is 22.5. The highest BCUT2D eigenvalue weighted by Crippen LogP contribution is 2.48. The number of aromatic carboxylic acids is 1. The van der Waals surface area contributed by atoms with Gasteiger partial charge in [0.05, 0.1) is 11.3 Å². The lowest BCUT2D eigenvalue weighted by Gasteiger charge is -2.46. The van der Waals surface area contributed by atoms with Crippen LogP contribution in [-0.4, -0.2) is 16.6 Å². The van der Waals surface area contributed by atoms with Crippen LogP contribution in [0.25, 0.3) is 0 Å². The summed E-state index contributed by atoms with van der Waals surface area (Å²) in [4.78, 5) is 11.6. The fourth-order valence-electron chi connectivity index (χ4n) is 3.75. The first-order valence-electron chi connectivity index (χ1n) is 7.54. The minimum Gasteiger partial charge on any atom is -0.478 e. The average Bonchev–Trinajstić information content (AvgIpc) is 2.46. The van der Waals surface area contributed by atoms with Crippen molar-refractivity contribution in [1.29, 1.82) is 0 Å². The summed E-state index contributed by atoms with van der Waals surface area (Å²) in [6.45, 7) is 6.45. The summed E-state index contributed by atoms with van der Waals surface area (Å²) in [7, 11) is 0. The molecule has 0 amide bonds. The predicted molar refractivity (Wildman–Crippen MR) is 88.6 cm³/mol. The first-order chi connectivity index (χ1) is 10.3. The lowest BCUT2D eigenvalue weighted by molar-refractivity contribution is 0.0697. The van der Waals surface area contributed by atoms with E-state index >= 15 is 0 Å². The Morgan fingerprint density at radius 2 is 1.73 bits per heavy atom. The molecular weight excluding hydrogens is 274 g/mol. The molecule has 0 radical (unpaired) electrons. The van der Waals surface area contributed by atoms with Crippen LogP contribution in [0.5, 0.6) is 0 Å². The smallest absolute Gasteiger partial charge is 0.337 e. The molecule has 3 heteroatoms. The number of hydrogen-bond donors (Lipinski definition) is 2. The molecule has 0 spiro atoms. The minimum absolute atomic E-state index is 0.177. The van der Waals surface area contributed by atoms with Gasteiger partial charge in [-0.2, -0.15) is 0 Å². The highest BCUT2D eigenvalue weighted by molar-refractivity contribution is 5.96. The number of anilines is 1. The van der Waals surface area contributed by atoms with Gasteiger partial charge in [0.1, 0.15) is 0 Å². The maximum absolute atomic E-state index is 11.6. The Morgan fingerprint density at radius 3 is 2.36 bits per heavy atom. The summed E-state index contributed by atoms with van der Waals surface area (Å²) in [5.74, 6) is -0.891. The first kappa shape index (κ1) is 14.6. The number of nitrogens with one attached hydrogen (secondary N) is 1. The van der Waals surface area contributed by atoms with Crippen LogP contribution < -0.4 is 5.32 Å². The SMILES string of the molecule is CC1(C)C[C@](C)(c2ccccc2)c2cccc(C(=O)O)c2N1. The van der Waals surface area contributed by atoms with Crippen LogP contribution in [0.4, 0.5) is 5.69 Å². The van der Waals surface area contributed by atoms with Crippen LogP contribution in [0.2, 0.25) is 0 Å². The zero-order valence-corrected chi connectivity index (χ0v) is 13.2. The van der Waals surface area contributed by atoms with E-state index in [9.17, 15) is 9.90 Å². The monoisotopic (exact) mass is 295 g/mol.